The number of carbonyl (C=O) groups is 1. The van der Waals surface area contributed by atoms with Gasteiger partial charge in [0.25, 0.3) is 0 Å². The largest absolute Gasteiger partial charge is 0.396 e. The number of nitrogens with two attached hydrogens (primary N) is 1. The first-order valence-corrected chi connectivity index (χ1v) is 4.93. The van der Waals surface area contributed by atoms with E-state index in [0.29, 0.717) is 12.1 Å². The molecule has 1 aromatic rings. The maximum atomic E-state index is 11.1. The van der Waals surface area contributed by atoms with Crippen molar-refractivity contribution in [2.24, 2.45) is 16.0 Å². The zero-order chi connectivity index (χ0) is 11.4. The Morgan fingerprint density at radius 1 is 1.12 bits per heavy atom. The number of allylic oxidation sites excluding steroid dienone is 3. The molecular weight excluding hydrogens is 202 g/mol. The van der Waals surface area contributed by atoms with E-state index in [0.717, 1.165) is 5.69 Å². The molecular formula is C12H11N3O. The summed E-state index contributed by atoms with van der Waals surface area (Å²) in [5, 5.41) is 8.05. The number of Topliss-reactive ketones (excluding diaryl/α,β-unsaturated/α-hetero) is 1. The number of hydrogen-bond acceptors (Lipinski definition) is 4. The average Bonchev–Trinajstić information content (AvgIpc) is 2.32. The average molecular weight is 213 g/mol. The highest BCUT2D eigenvalue weighted by Crippen LogP contribution is 2.16. The van der Waals surface area contributed by atoms with E-state index in [9.17, 15) is 4.79 Å². The Morgan fingerprint density at radius 3 is 2.56 bits per heavy atom. The second-order valence-corrected chi connectivity index (χ2v) is 3.39. The van der Waals surface area contributed by atoms with Crippen molar-refractivity contribution in [3.63, 3.8) is 0 Å². The van der Waals surface area contributed by atoms with Gasteiger partial charge in [-0.15, -0.1) is 0 Å². The van der Waals surface area contributed by atoms with Gasteiger partial charge in [-0.1, -0.05) is 18.2 Å². The van der Waals surface area contributed by atoms with Crippen LogP contribution >= 0.6 is 0 Å². The van der Waals surface area contributed by atoms with E-state index in [1.807, 2.05) is 30.3 Å². The smallest absolute Gasteiger partial charge is 0.182 e. The standard InChI is InChI=1S/C12H11N3O/c13-11-8-10(6-7-12(11)16)15-14-9-4-2-1-3-5-9/h1-6,8H,7,13H2. The summed E-state index contributed by atoms with van der Waals surface area (Å²) in [5.41, 5.74) is 7.14. The van der Waals surface area contributed by atoms with E-state index < -0.39 is 0 Å². The molecule has 0 fully saturated rings. The molecule has 0 saturated heterocycles. The van der Waals surface area contributed by atoms with Crippen LogP contribution in [0.2, 0.25) is 0 Å². The zero-order valence-corrected chi connectivity index (χ0v) is 8.63. The minimum Gasteiger partial charge on any atom is -0.396 e. The van der Waals surface area contributed by atoms with Gasteiger partial charge in [-0.2, -0.15) is 10.2 Å². The summed E-state index contributed by atoms with van der Waals surface area (Å²) < 4.78 is 0. The molecule has 16 heavy (non-hydrogen) atoms. The minimum atomic E-state index is -0.0707. The number of azo groups is 1. The Labute approximate surface area is 93.2 Å². The van der Waals surface area contributed by atoms with Gasteiger partial charge in [0, 0.05) is 6.42 Å². The lowest BCUT2D eigenvalue weighted by Gasteiger charge is -2.04. The van der Waals surface area contributed by atoms with E-state index in [4.69, 9.17) is 5.73 Å². The third-order valence-corrected chi connectivity index (χ3v) is 2.16. The second kappa shape index (κ2) is 4.53. The lowest BCUT2D eigenvalue weighted by molar-refractivity contribution is -0.114. The maximum Gasteiger partial charge on any atom is 0.182 e. The molecule has 1 aliphatic rings. The molecule has 0 unspecified atom stereocenters. The molecule has 0 aromatic heterocycles. The summed E-state index contributed by atoms with van der Waals surface area (Å²) in [7, 11) is 0. The predicted octanol–water partition coefficient (Wildman–Crippen LogP) is 2.47. The van der Waals surface area contributed by atoms with Crippen LogP contribution in [-0.2, 0) is 4.79 Å². The zero-order valence-electron chi connectivity index (χ0n) is 8.63. The van der Waals surface area contributed by atoms with Crippen LogP contribution in [0.25, 0.3) is 0 Å². The summed E-state index contributed by atoms with van der Waals surface area (Å²) >= 11 is 0. The second-order valence-electron chi connectivity index (χ2n) is 3.39. The number of nitrogens with zero attached hydrogens (tertiary/aromatic N) is 2. The summed E-state index contributed by atoms with van der Waals surface area (Å²) in [6.07, 6.45) is 3.55. The van der Waals surface area contributed by atoms with Crippen molar-refractivity contribution in [2.45, 2.75) is 6.42 Å². The third-order valence-electron chi connectivity index (χ3n) is 2.16. The van der Waals surface area contributed by atoms with Gasteiger partial charge in [-0.25, -0.2) is 0 Å². The molecule has 2 N–H and O–H groups in total. The quantitative estimate of drug-likeness (QED) is 0.767. The van der Waals surface area contributed by atoms with Crippen molar-refractivity contribution in [1.29, 1.82) is 0 Å². The molecule has 2 rings (SSSR count). The first kappa shape index (κ1) is 10.3. The number of ketones is 1. The van der Waals surface area contributed by atoms with Crippen LogP contribution in [0.15, 0.2) is 64.1 Å². The summed E-state index contributed by atoms with van der Waals surface area (Å²) in [6.45, 7) is 0. The fourth-order valence-corrected chi connectivity index (χ4v) is 1.29. The molecule has 4 heteroatoms. The van der Waals surface area contributed by atoms with Crippen molar-refractivity contribution in [1.82, 2.24) is 0 Å². The van der Waals surface area contributed by atoms with E-state index in [1.165, 1.54) is 6.08 Å². The van der Waals surface area contributed by atoms with Gasteiger partial charge in [0.05, 0.1) is 17.1 Å². The van der Waals surface area contributed by atoms with Crippen LogP contribution in [0.1, 0.15) is 6.42 Å². The Hall–Kier alpha value is -2.23. The normalized spacial score (nSPS) is 16.1. The third kappa shape index (κ3) is 2.42. The number of rotatable bonds is 2. The van der Waals surface area contributed by atoms with Gasteiger partial charge in [0.15, 0.2) is 5.78 Å². The van der Waals surface area contributed by atoms with Gasteiger partial charge < -0.3 is 5.73 Å². The summed E-state index contributed by atoms with van der Waals surface area (Å²) in [5.74, 6) is -0.0707. The van der Waals surface area contributed by atoms with Crippen molar-refractivity contribution in [3.8, 4) is 0 Å². The number of hydrogen-bond donors (Lipinski definition) is 1. The predicted molar refractivity (Wildman–Crippen MR) is 60.9 cm³/mol. The molecule has 0 spiro atoms. The molecule has 0 radical (unpaired) electrons. The Balaban J connectivity index is 2.12. The minimum absolute atomic E-state index is 0.0707. The Kier molecular flexibility index (Phi) is 2.91. The monoisotopic (exact) mass is 213 g/mol. The van der Waals surface area contributed by atoms with Gasteiger partial charge in [-0.05, 0) is 24.3 Å². The molecule has 80 valence electrons. The highest BCUT2D eigenvalue weighted by atomic mass is 16.1. The SMILES string of the molecule is NC1=CC(N=Nc2ccccc2)=CCC1=O. The topological polar surface area (TPSA) is 67.8 Å². The van der Waals surface area contributed by atoms with Gasteiger partial charge in [0.2, 0.25) is 0 Å². The van der Waals surface area contributed by atoms with Gasteiger partial charge in [-0.3, -0.25) is 4.79 Å². The Bertz CT molecular complexity index is 486. The van der Waals surface area contributed by atoms with Crippen LogP contribution in [0, 0.1) is 0 Å². The lowest BCUT2D eigenvalue weighted by atomic mass is 10.1. The molecule has 1 aliphatic carbocycles. The maximum absolute atomic E-state index is 11.1. The number of carbonyl (C=O) groups excluding carboxylic acids is 1. The van der Waals surface area contributed by atoms with Crippen LogP contribution < -0.4 is 5.73 Å². The Morgan fingerprint density at radius 2 is 1.88 bits per heavy atom. The summed E-state index contributed by atoms with van der Waals surface area (Å²) in [6, 6.07) is 9.39. The fraction of sp³-hybridized carbons (Fsp3) is 0.0833. The van der Waals surface area contributed by atoms with Gasteiger partial charge >= 0.3 is 0 Å². The highest BCUT2D eigenvalue weighted by molar-refractivity contribution is 5.97. The van der Waals surface area contributed by atoms with Crippen molar-refractivity contribution < 1.29 is 4.79 Å². The molecule has 0 atom stereocenters. The molecule has 0 saturated carbocycles. The van der Waals surface area contributed by atoms with Crippen molar-refractivity contribution >= 4 is 11.5 Å². The first-order valence-electron chi connectivity index (χ1n) is 4.93. The van der Waals surface area contributed by atoms with E-state index >= 15 is 0 Å². The highest BCUT2D eigenvalue weighted by Gasteiger charge is 2.10. The molecule has 4 nitrogen and oxygen atoms in total. The summed E-state index contributed by atoms with van der Waals surface area (Å²) in [4.78, 5) is 11.1. The molecule has 0 bridgehead atoms. The molecule has 0 aliphatic heterocycles. The fourth-order valence-electron chi connectivity index (χ4n) is 1.29. The van der Waals surface area contributed by atoms with E-state index in [1.54, 1.807) is 6.08 Å². The van der Waals surface area contributed by atoms with Crippen molar-refractivity contribution in [3.05, 3.63) is 53.9 Å². The van der Waals surface area contributed by atoms with Crippen molar-refractivity contribution in [2.75, 3.05) is 0 Å². The van der Waals surface area contributed by atoms with E-state index in [2.05, 4.69) is 10.2 Å². The van der Waals surface area contributed by atoms with Crippen LogP contribution in [0.3, 0.4) is 0 Å². The molecule has 0 heterocycles. The molecule has 1 aromatic carbocycles. The van der Waals surface area contributed by atoms with Crippen LogP contribution in [0.4, 0.5) is 5.69 Å². The molecule has 0 amide bonds. The first-order chi connectivity index (χ1) is 7.75. The van der Waals surface area contributed by atoms with E-state index in [-0.39, 0.29) is 11.5 Å². The lowest BCUT2D eigenvalue weighted by Crippen LogP contribution is -2.13. The van der Waals surface area contributed by atoms with Crippen LogP contribution in [-0.4, -0.2) is 5.78 Å². The van der Waals surface area contributed by atoms with Gasteiger partial charge in [0.1, 0.15) is 0 Å². The van der Waals surface area contributed by atoms with Crippen LogP contribution in [0.5, 0.6) is 0 Å². The number of benzene rings is 1.